The molecule has 1 aromatic carbocycles. The van der Waals surface area contributed by atoms with E-state index in [4.69, 9.17) is 9.47 Å². The van der Waals surface area contributed by atoms with Gasteiger partial charge in [0.2, 0.25) is 11.8 Å². The minimum Gasteiger partial charge on any atom is -0.486 e. The molecular formula is C18H23N3O4. The summed E-state index contributed by atoms with van der Waals surface area (Å²) in [6.45, 7) is 2.78. The Morgan fingerprint density at radius 1 is 1.12 bits per heavy atom. The number of hydrogen-bond donors (Lipinski definition) is 2. The van der Waals surface area contributed by atoms with Gasteiger partial charge in [-0.3, -0.25) is 14.5 Å². The molecule has 2 N–H and O–H groups in total. The SMILES string of the molecule is O=C(CN1CCC(C(=O)NC2CC2)C1)Nc1ccc2c(c1)OCCO2. The van der Waals surface area contributed by atoms with Crippen LogP contribution in [-0.2, 0) is 9.59 Å². The fourth-order valence-corrected chi connectivity index (χ4v) is 3.26. The second-order valence-electron chi connectivity index (χ2n) is 6.91. The summed E-state index contributed by atoms with van der Waals surface area (Å²) in [5.74, 6) is 1.41. The minimum atomic E-state index is -0.0834. The number of fused-ring (bicyclic) bond motifs is 1. The van der Waals surface area contributed by atoms with Crippen molar-refractivity contribution in [3.63, 3.8) is 0 Å². The number of likely N-dealkylation sites (tertiary alicyclic amines) is 1. The highest BCUT2D eigenvalue weighted by atomic mass is 16.6. The van der Waals surface area contributed by atoms with Crippen LogP contribution < -0.4 is 20.1 Å². The van der Waals surface area contributed by atoms with Gasteiger partial charge in [-0.15, -0.1) is 0 Å². The fraction of sp³-hybridized carbons (Fsp3) is 0.556. The van der Waals surface area contributed by atoms with Crippen LogP contribution in [0.25, 0.3) is 0 Å². The van der Waals surface area contributed by atoms with E-state index in [-0.39, 0.29) is 17.7 Å². The number of amides is 2. The number of carbonyl (C=O) groups excluding carboxylic acids is 2. The summed E-state index contributed by atoms with van der Waals surface area (Å²) in [5, 5.41) is 5.94. The maximum atomic E-state index is 12.3. The van der Waals surface area contributed by atoms with Crippen LogP contribution in [0.2, 0.25) is 0 Å². The third-order valence-corrected chi connectivity index (χ3v) is 4.76. The average molecular weight is 345 g/mol. The molecule has 7 nitrogen and oxygen atoms in total. The van der Waals surface area contributed by atoms with E-state index in [9.17, 15) is 9.59 Å². The third-order valence-electron chi connectivity index (χ3n) is 4.76. The van der Waals surface area contributed by atoms with Gasteiger partial charge < -0.3 is 20.1 Å². The first kappa shape index (κ1) is 16.2. The van der Waals surface area contributed by atoms with Crippen molar-refractivity contribution < 1.29 is 19.1 Å². The van der Waals surface area contributed by atoms with Crippen molar-refractivity contribution in [1.82, 2.24) is 10.2 Å². The van der Waals surface area contributed by atoms with Crippen LogP contribution in [0.1, 0.15) is 19.3 Å². The number of carbonyl (C=O) groups is 2. The second kappa shape index (κ2) is 6.92. The van der Waals surface area contributed by atoms with Crippen LogP contribution in [0.4, 0.5) is 5.69 Å². The molecule has 1 unspecified atom stereocenters. The smallest absolute Gasteiger partial charge is 0.238 e. The highest BCUT2D eigenvalue weighted by molar-refractivity contribution is 5.92. The lowest BCUT2D eigenvalue weighted by atomic mass is 10.1. The molecular weight excluding hydrogens is 322 g/mol. The summed E-state index contributed by atoms with van der Waals surface area (Å²) in [4.78, 5) is 26.4. The van der Waals surface area contributed by atoms with E-state index in [0.29, 0.717) is 49.5 Å². The highest BCUT2D eigenvalue weighted by Gasteiger charge is 2.32. The molecule has 4 rings (SSSR count). The lowest BCUT2D eigenvalue weighted by Crippen LogP contribution is -2.36. The van der Waals surface area contributed by atoms with Crippen LogP contribution in [0.15, 0.2) is 18.2 Å². The van der Waals surface area contributed by atoms with Crippen molar-refractivity contribution >= 4 is 17.5 Å². The molecule has 2 heterocycles. The maximum absolute atomic E-state index is 12.3. The Hall–Kier alpha value is -2.28. The van der Waals surface area contributed by atoms with Gasteiger partial charge in [-0.05, 0) is 37.9 Å². The van der Waals surface area contributed by atoms with E-state index in [1.54, 1.807) is 18.2 Å². The number of ether oxygens (including phenoxy) is 2. The van der Waals surface area contributed by atoms with Gasteiger partial charge in [0.05, 0.1) is 12.5 Å². The molecule has 1 aromatic rings. The van der Waals surface area contributed by atoms with Gasteiger partial charge in [-0.25, -0.2) is 0 Å². The second-order valence-corrected chi connectivity index (χ2v) is 6.91. The van der Waals surface area contributed by atoms with Crippen LogP contribution in [0, 0.1) is 5.92 Å². The standard InChI is InChI=1S/C18H23N3O4/c22-17(19-14-3-4-15-16(9-14)25-8-7-24-15)11-21-6-5-12(10-21)18(23)20-13-1-2-13/h3-4,9,12-13H,1-2,5-8,10-11H2,(H,19,22)(H,20,23). The van der Waals surface area contributed by atoms with Crippen molar-refractivity contribution in [3.05, 3.63) is 18.2 Å². The topological polar surface area (TPSA) is 79.9 Å². The summed E-state index contributed by atoms with van der Waals surface area (Å²) in [7, 11) is 0. The van der Waals surface area contributed by atoms with Crippen molar-refractivity contribution in [3.8, 4) is 11.5 Å². The summed E-state index contributed by atoms with van der Waals surface area (Å²) in [6.07, 6.45) is 3.01. The van der Waals surface area contributed by atoms with Gasteiger partial charge in [0, 0.05) is 24.3 Å². The van der Waals surface area contributed by atoms with E-state index in [2.05, 4.69) is 10.6 Å². The zero-order chi connectivity index (χ0) is 17.2. The largest absolute Gasteiger partial charge is 0.486 e. The Morgan fingerprint density at radius 3 is 2.72 bits per heavy atom. The van der Waals surface area contributed by atoms with Crippen LogP contribution in [0.5, 0.6) is 11.5 Å². The van der Waals surface area contributed by atoms with E-state index >= 15 is 0 Å². The number of nitrogens with one attached hydrogen (secondary N) is 2. The number of rotatable bonds is 5. The first-order valence-electron chi connectivity index (χ1n) is 8.89. The lowest BCUT2D eigenvalue weighted by Gasteiger charge is -2.19. The Morgan fingerprint density at radius 2 is 1.92 bits per heavy atom. The molecule has 25 heavy (non-hydrogen) atoms. The number of benzene rings is 1. The van der Waals surface area contributed by atoms with E-state index < -0.39 is 0 Å². The van der Waals surface area contributed by atoms with Crippen molar-refractivity contribution in [2.75, 3.05) is 38.2 Å². The van der Waals surface area contributed by atoms with Gasteiger partial charge in [0.15, 0.2) is 11.5 Å². The number of anilines is 1. The van der Waals surface area contributed by atoms with E-state index in [1.807, 2.05) is 4.90 Å². The van der Waals surface area contributed by atoms with Crippen molar-refractivity contribution in [2.24, 2.45) is 5.92 Å². The first-order chi connectivity index (χ1) is 12.2. The van der Waals surface area contributed by atoms with Crippen molar-refractivity contribution in [2.45, 2.75) is 25.3 Å². The molecule has 0 bridgehead atoms. The third kappa shape index (κ3) is 4.04. The van der Waals surface area contributed by atoms with Gasteiger partial charge in [0.1, 0.15) is 13.2 Å². The summed E-state index contributed by atoms with van der Waals surface area (Å²) < 4.78 is 11.0. The molecule has 0 aromatic heterocycles. The molecule has 1 atom stereocenters. The lowest BCUT2D eigenvalue weighted by molar-refractivity contribution is -0.125. The Bertz CT molecular complexity index is 674. The molecule has 1 saturated carbocycles. The Kier molecular flexibility index (Phi) is 4.48. The molecule has 134 valence electrons. The van der Waals surface area contributed by atoms with Gasteiger partial charge >= 0.3 is 0 Å². The molecule has 2 aliphatic heterocycles. The van der Waals surface area contributed by atoms with Crippen molar-refractivity contribution in [1.29, 1.82) is 0 Å². The molecule has 2 fully saturated rings. The number of nitrogens with zero attached hydrogens (tertiary/aromatic N) is 1. The van der Waals surface area contributed by atoms with Gasteiger partial charge in [-0.1, -0.05) is 0 Å². The number of hydrogen-bond acceptors (Lipinski definition) is 5. The predicted molar refractivity (Wildman–Crippen MR) is 91.8 cm³/mol. The monoisotopic (exact) mass is 345 g/mol. The Labute approximate surface area is 146 Å². The summed E-state index contributed by atoms with van der Waals surface area (Å²) >= 11 is 0. The minimum absolute atomic E-state index is 0.00249. The molecule has 7 heteroatoms. The molecule has 2 amide bonds. The van der Waals surface area contributed by atoms with E-state index in [1.165, 1.54) is 0 Å². The van der Waals surface area contributed by atoms with Crippen LogP contribution in [-0.4, -0.2) is 55.6 Å². The fourth-order valence-electron chi connectivity index (χ4n) is 3.26. The van der Waals surface area contributed by atoms with Crippen LogP contribution in [0.3, 0.4) is 0 Å². The highest BCUT2D eigenvalue weighted by Crippen LogP contribution is 2.32. The molecule has 0 spiro atoms. The summed E-state index contributed by atoms with van der Waals surface area (Å²) in [6, 6.07) is 5.78. The zero-order valence-corrected chi connectivity index (χ0v) is 14.1. The maximum Gasteiger partial charge on any atom is 0.238 e. The van der Waals surface area contributed by atoms with Gasteiger partial charge in [-0.2, -0.15) is 0 Å². The Balaban J connectivity index is 1.27. The average Bonchev–Trinajstić information content (AvgIpc) is 3.30. The molecule has 1 saturated heterocycles. The quantitative estimate of drug-likeness (QED) is 0.832. The normalized spacial score (nSPS) is 22.5. The van der Waals surface area contributed by atoms with Gasteiger partial charge in [0.25, 0.3) is 0 Å². The zero-order valence-electron chi connectivity index (χ0n) is 14.1. The first-order valence-corrected chi connectivity index (χ1v) is 8.89. The molecule has 3 aliphatic rings. The van der Waals surface area contributed by atoms with E-state index in [0.717, 1.165) is 25.8 Å². The predicted octanol–water partition coefficient (Wildman–Crippen LogP) is 0.997. The van der Waals surface area contributed by atoms with Crippen LogP contribution >= 0.6 is 0 Å². The summed E-state index contributed by atoms with van der Waals surface area (Å²) in [5.41, 5.74) is 0.691. The molecule has 1 aliphatic carbocycles. The molecule has 0 radical (unpaired) electrons.